The summed E-state index contributed by atoms with van der Waals surface area (Å²) in [5.41, 5.74) is 2.06. The second-order valence-electron chi connectivity index (χ2n) is 5.53. The standard InChI is InChI=1S/C19H18ClN3O4/c1-3-26-19(24)18-17(21-23-22-18)13-7-8-15(25-2)16(10-13)27-11-12-5-4-6-14(20)9-12/h4-10H,3,11H2,1-2H3,(H,21,22,23). The molecule has 0 spiro atoms. The van der Waals surface area contributed by atoms with Crippen LogP contribution in [0.15, 0.2) is 42.5 Å². The van der Waals surface area contributed by atoms with Gasteiger partial charge < -0.3 is 14.2 Å². The number of halogens is 1. The number of nitrogens with one attached hydrogen (secondary N) is 1. The zero-order valence-electron chi connectivity index (χ0n) is 14.9. The van der Waals surface area contributed by atoms with Gasteiger partial charge in [-0.05, 0) is 42.8 Å². The summed E-state index contributed by atoms with van der Waals surface area (Å²) in [6, 6.07) is 12.7. The van der Waals surface area contributed by atoms with Gasteiger partial charge in [0, 0.05) is 10.6 Å². The molecule has 7 nitrogen and oxygen atoms in total. The van der Waals surface area contributed by atoms with Crippen molar-refractivity contribution in [3.63, 3.8) is 0 Å². The predicted molar refractivity (Wildman–Crippen MR) is 100 cm³/mol. The maximum atomic E-state index is 12.0. The SMILES string of the molecule is CCOC(=O)c1n[nH]nc1-c1ccc(OC)c(OCc2cccc(Cl)c2)c1. The quantitative estimate of drug-likeness (QED) is 0.619. The number of carbonyl (C=O) groups excluding carboxylic acids is 1. The molecule has 0 bridgehead atoms. The van der Waals surface area contributed by atoms with Gasteiger partial charge >= 0.3 is 5.97 Å². The number of nitrogens with zero attached hydrogens (tertiary/aromatic N) is 2. The van der Waals surface area contributed by atoms with Crippen molar-refractivity contribution in [3.8, 4) is 22.8 Å². The van der Waals surface area contributed by atoms with E-state index in [1.54, 1.807) is 38.3 Å². The van der Waals surface area contributed by atoms with Gasteiger partial charge in [-0.2, -0.15) is 10.3 Å². The van der Waals surface area contributed by atoms with Crippen LogP contribution in [0.5, 0.6) is 11.5 Å². The Kier molecular flexibility index (Phi) is 5.93. The smallest absolute Gasteiger partial charge is 0.361 e. The van der Waals surface area contributed by atoms with E-state index in [4.69, 9.17) is 25.8 Å². The van der Waals surface area contributed by atoms with E-state index in [9.17, 15) is 4.79 Å². The molecule has 0 unspecified atom stereocenters. The molecular weight excluding hydrogens is 370 g/mol. The first-order valence-electron chi connectivity index (χ1n) is 8.26. The molecule has 1 heterocycles. The van der Waals surface area contributed by atoms with Gasteiger partial charge in [0.15, 0.2) is 17.2 Å². The van der Waals surface area contributed by atoms with E-state index in [0.717, 1.165) is 5.56 Å². The third-order valence-corrected chi connectivity index (χ3v) is 3.97. The van der Waals surface area contributed by atoms with E-state index in [1.165, 1.54) is 0 Å². The van der Waals surface area contributed by atoms with E-state index in [0.29, 0.717) is 34.4 Å². The maximum Gasteiger partial charge on any atom is 0.361 e. The number of aromatic amines is 1. The van der Waals surface area contributed by atoms with Gasteiger partial charge in [0.25, 0.3) is 0 Å². The van der Waals surface area contributed by atoms with Crippen LogP contribution in [-0.2, 0) is 11.3 Å². The van der Waals surface area contributed by atoms with Crippen LogP contribution in [0.3, 0.4) is 0 Å². The maximum absolute atomic E-state index is 12.0. The molecule has 0 aliphatic carbocycles. The Balaban J connectivity index is 1.88. The minimum absolute atomic E-state index is 0.114. The Morgan fingerprint density at radius 3 is 2.74 bits per heavy atom. The summed E-state index contributed by atoms with van der Waals surface area (Å²) in [4.78, 5) is 12.0. The first kappa shape index (κ1) is 18.7. The average molecular weight is 388 g/mol. The monoisotopic (exact) mass is 387 g/mol. The number of benzene rings is 2. The van der Waals surface area contributed by atoms with Crippen molar-refractivity contribution < 1.29 is 19.0 Å². The number of H-pyrrole nitrogens is 1. The van der Waals surface area contributed by atoms with Crippen molar-refractivity contribution >= 4 is 17.6 Å². The van der Waals surface area contributed by atoms with Gasteiger partial charge in [0.1, 0.15) is 12.3 Å². The molecule has 0 fully saturated rings. The van der Waals surface area contributed by atoms with Crippen LogP contribution in [0.2, 0.25) is 5.02 Å². The molecule has 8 heteroatoms. The number of esters is 1. The first-order valence-corrected chi connectivity index (χ1v) is 8.63. The highest BCUT2D eigenvalue weighted by Gasteiger charge is 2.20. The van der Waals surface area contributed by atoms with Gasteiger partial charge in [-0.15, -0.1) is 5.10 Å². The predicted octanol–water partition coefficient (Wildman–Crippen LogP) is 3.89. The fourth-order valence-electron chi connectivity index (χ4n) is 2.50. The average Bonchev–Trinajstić information content (AvgIpc) is 3.16. The topological polar surface area (TPSA) is 86.3 Å². The zero-order valence-corrected chi connectivity index (χ0v) is 15.6. The molecule has 0 aliphatic heterocycles. The normalized spacial score (nSPS) is 10.5. The van der Waals surface area contributed by atoms with Crippen LogP contribution in [0.1, 0.15) is 23.0 Å². The van der Waals surface area contributed by atoms with Gasteiger partial charge in [-0.1, -0.05) is 23.7 Å². The number of aromatic nitrogens is 3. The Hall–Kier alpha value is -3.06. The van der Waals surface area contributed by atoms with Crippen molar-refractivity contribution in [2.75, 3.05) is 13.7 Å². The second-order valence-corrected chi connectivity index (χ2v) is 5.96. The van der Waals surface area contributed by atoms with Crippen LogP contribution in [0.4, 0.5) is 0 Å². The van der Waals surface area contributed by atoms with Crippen molar-refractivity contribution in [1.29, 1.82) is 0 Å². The van der Waals surface area contributed by atoms with E-state index >= 15 is 0 Å². The van der Waals surface area contributed by atoms with Crippen molar-refractivity contribution in [3.05, 3.63) is 58.7 Å². The number of carbonyl (C=O) groups is 1. The molecule has 0 radical (unpaired) electrons. The van der Waals surface area contributed by atoms with Crippen molar-refractivity contribution in [1.82, 2.24) is 15.4 Å². The minimum Gasteiger partial charge on any atom is -0.493 e. The third kappa shape index (κ3) is 4.38. The molecule has 2 aromatic carbocycles. The number of hydrogen-bond donors (Lipinski definition) is 1. The largest absolute Gasteiger partial charge is 0.493 e. The van der Waals surface area contributed by atoms with Crippen LogP contribution in [-0.4, -0.2) is 35.1 Å². The lowest BCUT2D eigenvalue weighted by Crippen LogP contribution is -2.07. The minimum atomic E-state index is -0.543. The first-order chi connectivity index (χ1) is 13.1. The van der Waals surface area contributed by atoms with Crippen LogP contribution < -0.4 is 9.47 Å². The van der Waals surface area contributed by atoms with Crippen LogP contribution in [0.25, 0.3) is 11.3 Å². The highest BCUT2D eigenvalue weighted by molar-refractivity contribution is 6.30. The van der Waals surface area contributed by atoms with Gasteiger partial charge in [0.05, 0.1) is 13.7 Å². The third-order valence-electron chi connectivity index (χ3n) is 3.74. The molecule has 0 aliphatic rings. The summed E-state index contributed by atoms with van der Waals surface area (Å²) in [7, 11) is 1.56. The molecule has 0 atom stereocenters. The van der Waals surface area contributed by atoms with Crippen molar-refractivity contribution in [2.24, 2.45) is 0 Å². The Morgan fingerprint density at radius 2 is 2.00 bits per heavy atom. The molecule has 1 aromatic heterocycles. The Labute approximate surface area is 161 Å². The molecule has 3 rings (SSSR count). The molecule has 0 saturated heterocycles. The van der Waals surface area contributed by atoms with E-state index in [1.807, 2.05) is 18.2 Å². The highest BCUT2D eigenvalue weighted by Crippen LogP contribution is 2.33. The van der Waals surface area contributed by atoms with Crippen molar-refractivity contribution in [2.45, 2.75) is 13.5 Å². The lowest BCUT2D eigenvalue weighted by molar-refractivity contribution is 0.0520. The Bertz CT molecular complexity index is 942. The van der Waals surface area contributed by atoms with Gasteiger partial charge in [-0.3, -0.25) is 0 Å². The van der Waals surface area contributed by atoms with Gasteiger partial charge in [0.2, 0.25) is 0 Å². The van der Waals surface area contributed by atoms with Crippen LogP contribution in [0, 0.1) is 0 Å². The molecule has 140 valence electrons. The summed E-state index contributed by atoms with van der Waals surface area (Å²) in [6.45, 7) is 2.29. The lowest BCUT2D eigenvalue weighted by atomic mass is 10.1. The Morgan fingerprint density at radius 1 is 1.15 bits per heavy atom. The fraction of sp³-hybridized carbons (Fsp3) is 0.211. The second kappa shape index (κ2) is 8.55. The molecule has 3 aromatic rings. The molecule has 0 saturated carbocycles. The number of hydrogen-bond acceptors (Lipinski definition) is 6. The van der Waals surface area contributed by atoms with E-state index in [2.05, 4.69) is 15.4 Å². The van der Waals surface area contributed by atoms with Gasteiger partial charge in [-0.25, -0.2) is 4.79 Å². The number of methoxy groups -OCH3 is 1. The molecule has 0 amide bonds. The number of rotatable bonds is 7. The van der Waals surface area contributed by atoms with E-state index in [-0.39, 0.29) is 12.3 Å². The van der Waals surface area contributed by atoms with E-state index < -0.39 is 5.97 Å². The summed E-state index contributed by atoms with van der Waals surface area (Å²) < 4.78 is 16.3. The molecule has 1 N–H and O–H groups in total. The number of ether oxygens (including phenoxy) is 3. The summed E-state index contributed by atoms with van der Waals surface area (Å²) in [5.74, 6) is 0.521. The zero-order chi connectivity index (χ0) is 19.2. The highest BCUT2D eigenvalue weighted by atomic mass is 35.5. The lowest BCUT2D eigenvalue weighted by Gasteiger charge is -2.12. The summed E-state index contributed by atoms with van der Waals surface area (Å²) in [6.07, 6.45) is 0. The molecule has 27 heavy (non-hydrogen) atoms. The fourth-order valence-corrected chi connectivity index (χ4v) is 2.71. The molecular formula is C19H18ClN3O4. The van der Waals surface area contributed by atoms with Crippen LogP contribution >= 0.6 is 11.6 Å². The summed E-state index contributed by atoms with van der Waals surface area (Å²) >= 11 is 6.01. The summed E-state index contributed by atoms with van der Waals surface area (Å²) in [5, 5.41) is 11.1.